The predicted octanol–water partition coefficient (Wildman–Crippen LogP) is 1.53. The molecule has 0 amide bonds. The average Bonchev–Trinajstić information content (AvgIpc) is 2.28. The molecule has 0 aliphatic carbocycles. The lowest BCUT2D eigenvalue weighted by molar-refractivity contribution is 0.263. The van der Waals surface area contributed by atoms with Crippen LogP contribution in [0.5, 0.6) is 0 Å². The highest BCUT2D eigenvalue weighted by atomic mass is 35.5. The third kappa shape index (κ3) is 2.98. The van der Waals surface area contributed by atoms with Crippen LogP contribution < -0.4 is 11.1 Å². The van der Waals surface area contributed by atoms with Gasteiger partial charge in [0, 0.05) is 6.04 Å². The molecule has 1 saturated heterocycles. The van der Waals surface area contributed by atoms with Crippen molar-refractivity contribution < 1.29 is 0 Å². The van der Waals surface area contributed by atoms with Crippen molar-refractivity contribution in [2.24, 2.45) is 0 Å². The van der Waals surface area contributed by atoms with E-state index in [1.807, 2.05) is 6.92 Å². The fraction of sp³-hybridized carbons (Fsp3) is 0.636. The van der Waals surface area contributed by atoms with Crippen LogP contribution in [0.25, 0.3) is 0 Å². The normalized spacial score (nSPS) is 18.3. The highest BCUT2D eigenvalue weighted by molar-refractivity contribution is 6.28. The van der Waals surface area contributed by atoms with Gasteiger partial charge in [0.2, 0.25) is 5.28 Å². The molecule has 94 valence electrons. The SMILES string of the molecule is Cc1nc(Cl)nc(NC2CCN(C)CC2)c1N. The molecule has 1 aromatic rings. The van der Waals surface area contributed by atoms with Crippen LogP contribution in [-0.4, -0.2) is 41.0 Å². The van der Waals surface area contributed by atoms with E-state index in [1.165, 1.54) is 0 Å². The van der Waals surface area contributed by atoms with E-state index in [4.69, 9.17) is 17.3 Å². The molecule has 6 heteroatoms. The topological polar surface area (TPSA) is 67.1 Å². The van der Waals surface area contributed by atoms with Crippen molar-refractivity contribution in [3.8, 4) is 0 Å². The van der Waals surface area contributed by atoms with E-state index in [1.54, 1.807) is 0 Å². The number of hydrogen-bond acceptors (Lipinski definition) is 5. The van der Waals surface area contributed by atoms with Crippen molar-refractivity contribution in [3.05, 3.63) is 11.0 Å². The van der Waals surface area contributed by atoms with Gasteiger partial charge in [-0.25, -0.2) is 4.98 Å². The zero-order chi connectivity index (χ0) is 12.4. The first-order valence-corrected chi connectivity index (χ1v) is 6.18. The molecule has 1 aliphatic rings. The number of rotatable bonds is 2. The fourth-order valence-corrected chi connectivity index (χ4v) is 2.22. The van der Waals surface area contributed by atoms with Crippen LogP contribution in [0.1, 0.15) is 18.5 Å². The summed E-state index contributed by atoms with van der Waals surface area (Å²) >= 11 is 5.84. The largest absolute Gasteiger partial charge is 0.394 e. The van der Waals surface area contributed by atoms with Gasteiger partial charge in [0.1, 0.15) is 0 Å². The number of nitrogen functional groups attached to an aromatic ring is 1. The molecule has 0 atom stereocenters. The summed E-state index contributed by atoms with van der Waals surface area (Å²) in [7, 11) is 2.14. The number of aromatic nitrogens is 2. The lowest BCUT2D eigenvalue weighted by Crippen LogP contribution is -2.37. The minimum Gasteiger partial charge on any atom is -0.394 e. The Morgan fingerprint density at radius 1 is 1.35 bits per heavy atom. The number of nitrogens with one attached hydrogen (secondary N) is 1. The Kier molecular flexibility index (Phi) is 3.69. The van der Waals surface area contributed by atoms with Gasteiger partial charge >= 0.3 is 0 Å². The Balaban J connectivity index is 2.08. The van der Waals surface area contributed by atoms with Crippen molar-refractivity contribution in [1.29, 1.82) is 0 Å². The van der Waals surface area contributed by atoms with Gasteiger partial charge in [0.05, 0.1) is 11.4 Å². The van der Waals surface area contributed by atoms with Crippen LogP contribution in [0.3, 0.4) is 0 Å². The van der Waals surface area contributed by atoms with Gasteiger partial charge in [0.25, 0.3) is 0 Å². The molecular weight excluding hydrogens is 238 g/mol. The molecule has 0 aromatic carbocycles. The Hall–Kier alpha value is -1.07. The molecule has 17 heavy (non-hydrogen) atoms. The Morgan fingerprint density at radius 2 is 2.00 bits per heavy atom. The number of aryl methyl sites for hydroxylation is 1. The smallest absolute Gasteiger partial charge is 0.224 e. The number of piperidine rings is 1. The van der Waals surface area contributed by atoms with E-state index in [9.17, 15) is 0 Å². The van der Waals surface area contributed by atoms with Crippen molar-refractivity contribution in [2.75, 3.05) is 31.2 Å². The third-order valence-electron chi connectivity index (χ3n) is 3.17. The summed E-state index contributed by atoms with van der Waals surface area (Å²) in [4.78, 5) is 10.5. The zero-order valence-electron chi connectivity index (χ0n) is 10.2. The second-order valence-corrected chi connectivity index (χ2v) is 4.90. The molecular formula is C11H18ClN5. The van der Waals surface area contributed by atoms with Gasteiger partial charge in [-0.2, -0.15) is 4.98 Å². The summed E-state index contributed by atoms with van der Waals surface area (Å²) in [6.45, 7) is 4.02. The molecule has 0 unspecified atom stereocenters. The summed E-state index contributed by atoms with van der Waals surface area (Å²) in [6.07, 6.45) is 2.19. The number of nitrogens with zero attached hydrogens (tertiary/aromatic N) is 3. The van der Waals surface area contributed by atoms with Crippen molar-refractivity contribution in [3.63, 3.8) is 0 Å². The van der Waals surface area contributed by atoms with Gasteiger partial charge in [0.15, 0.2) is 5.82 Å². The predicted molar refractivity (Wildman–Crippen MR) is 70.3 cm³/mol. The minimum atomic E-state index is 0.243. The first kappa shape index (κ1) is 12.4. The van der Waals surface area contributed by atoms with E-state index in [-0.39, 0.29) is 5.28 Å². The molecule has 0 saturated carbocycles. The third-order valence-corrected chi connectivity index (χ3v) is 3.34. The van der Waals surface area contributed by atoms with E-state index in [0.29, 0.717) is 17.5 Å². The number of hydrogen-bond donors (Lipinski definition) is 2. The Morgan fingerprint density at radius 3 is 2.65 bits per heavy atom. The van der Waals surface area contributed by atoms with Crippen LogP contribution in [0.15, 0.2) is 0 Å². The van der Waals surface area contributed by atoms with Gasteiger partial charge < -0.3 is 16.0 Å². The van der Waals surface area contributed by atoms with Crippen molar-refractivity contribution in [1.82, 2.24) is 14.9 Å². The van der Waals surface area contributed by atoms with Gasteiger partial charge in [-0.1, -0.05) is 0 Å². The van der Waals surface area contributed by atoms with Crippen LogP contribution >= 0.6 is 11.6 Å². The lowest BCUT2D eigenvalue weighted by Gasteiger charge is -2.30. The molecule has 3 N–H and O–H groups in total. The molecule has 2 heterocycles. The summed E-state index contributed by atoms with van der Waals surface area (Å²) in [5, 5.41) is 3.61. The molecule has 5 nitrogen and oxygen atoms in total. The number of anilines is 2. The summed E-state index contributed by atoms with van der Waals surface area (Å²) < 4.78 is 0. The second kappa shape index (κ2) is 5.06. The van der Waals surface area contributed by atoms with Crippen LogP contribution in [-0.2, 0) is 0 Å². The summed E-state index contributed by atoms with van der Waals surface area (Å²) in [5.41, 5.74) is 7.25. The second-order valence-electron chi connectivity index (χ2n) is 4.56. The summed E-state index contributed by atoms with van der Waals surface area (Å²) in [6, 6.07) is 0.416. The molecule has 0 radical (unpaired) electrons. The first-order chi connectivity index (χ1) is 8.06. The Bertz CT molecular complexity index is 401. The maximum Gasteiger partial charge on any atom is 0.224 e. The zero-order valence-corrected chi connectivity index (χ0v) is 11.0. The summed E-state index contributed by atoms with van der Waals surface area (Å²) in [5.74, 6) is 0.664. The molecule has 2 rings (SSSR count). The van der Waals surface area contributed by atoms with E-state index in [0.717, 1.165) is 31.6 Å². The standard InChI is InChI=1S/C11H18ClN5/c1-7-9(13)10(16-11(12)14-7)15-8-3-5-17(2)6-4-8/h8H,3-6,13H2,1-2H3,(H,14,15,16). The average molecular weight is 256 g/mol. The van der Waals surface area contributed by atoms with E-state index < -0.39 is 0 Å². The highest BCUT2D eigenvalue weighted by Crippen LogP contribution is 2.23. The van der Waals surface area contributed by atoms with Crippen molar-refractivity contribution in [2.45, 2.75) is 25.8 Å². The lowest BCUT2D eigenvalue weighted by atomic mass is 10.1. The highest BCUT2D eigenvalue weighted by Gasteiger charge is 2.18. The van der Waals surface area contributed by atoms with Crippen LogP contribution in [0.2, 0.25) is 5.28 Å². The molecule has 1 fully saturated rings. The van der Waals surface area contributed by atoms with Gasteiger partial charge in [-0.15, -0.1) is 0 Å². The molecule has 1 aliphatic heterocycles. The number of nitrogens with two attached hydrogens (primary N) is 1. The van der Waals surface area contributed by atoms with E-state index >= 15 is 0 Å². The maximum absolute atomic E-state index is 5.94. The Labute approximate surface area is 106 Å². The number of likely N-dealkylation sites (tertiary alicyclic amines) is 1. The van der Waals surface area contributed by atoms with Crippen molar-refractivity contribution >= 4 is 23.1 Å². The maximum atomic E-state index is 5.94. The molecule has 0 bridgehead atoms. The minimum absolute atomic E-state index is 0.243. The molecule has 0 spiro atoms. The first-order valence-electron chi connectivity index (χ1n) is 5.81. The van der Waals surface area contributed by atoms with Gasteiger partial charge in [-0.3, -0.25) is 0 Å². The quantitative estimate of drug-likeness (QED) is 0.785. The van der Waals surface area contributed by atoms with Gasteiger partial charge in [-0.05, 0) is 51.5 Å². The van der Waals surface area contributed by atoms with E-state index in [2.05, 4.69) is 27.2 Å². The fourth-order valence-electron chi connectivity index (χ4n) is 2.00. The monoisotopic (exact) mass is 255 g/mol. The van der Waals surface area contributed by atoms with Crippen LogP contribution in [0.4, 0.5) is 11.5 Å². The number of halogens is 1. The molecule has 1 aromatic heterocycles. The van der Waals surface area contributed by atoms with Crippen LogP contribution in [0, 0.1) is 6.92 Å².